The topological polar surface area (TPSA) is 92.9 Å². The molecule has 0 bridgehead atoms. The van der Waals surface area contributed by atoms with E-state index >= 15 is 0 Å². The van der Waals surface area contributed by atoms with Crippen molar-refractivity contribution in [2.45, 2.75) is 31.3 Å². The zero-order chi connectivity index (χ0) is 15.6. The van der Waals surface area contributed by atoms with Crippen LogP contribution in [0.1, 0.15) is 20.8 Å². The maximum absolute atomic E-state index is 12.6. The Morgan fingerprint density at radius 1 is 1.40 bits per heavy atom. The van der Waals surface area contributed by atoms with Gasteiger partial charge in [-0.2, -0.15) is 4.31 Å². The molecule has 0 saturated heterocycles. The minimum atomic E-state index is -3.75. The van der Waals surface area contributed by atoms with Crippen molar-refractivity contribution in [3.05, 3.63) is 18.2 Å². The molecule has 1 aromatic carbocycles. The molecule has 0 aliphatic rings. The van der Waals surface area contributed by atoms with Crippen molar-refractivity contribution in [1.82, 2.24) is 4.31 Å². The summed E-state index contributed by atoms with van der Waals surface area (Å²) < 4.78 is 31.3. The Labute approximate surface area is 120 Å². The van der Waals surface area contributed by atoms with Crippen LogP contribution in [0.3, 0.4) is 0 Å². The van der Waals surface area contributed by atoms with Gasteiger partial charge in [-0.15, -0.1) is 0 Å². The average Bonchev–Trinajstić information content (AvgIpc) is 2.34. The molecule has 0 saturated carbocycles. The van der Waals surface area contributed by atoms with Crippen LogP contribution in [0.15, 0.2) is 23.1 Å². The number of nitrogens with two attached hydrogens (primary N) is 1. The van der Waals surface area contributed by atoms with E-state index in [0.717, 1.165) is 0 Å². The molecule has 3 N–H and O–H groups in total. The third kappa shape index (κ3) is 3.84. The third-order valence-corrected chi connectivity index (χ3v) is 4.75. The Hall–Kier alpha value is -1.31. The lowest BCUT2D eigenvalue weighted by Crippen LogP contribution is -2.42. The first kappa shape index (κ1) is 16.7. The molecule has 0 unspecified atom stereocenters. The number of nitrogen functional groups attached to an aromatic ring is 1. The van der Waals surface area contributed by atoms with Crippen LogP contribution in [0, 0.1) is 0 Å². The van der Waals surface area contributed by atoms with Crippen molar-refractivity contribution in [3.8, 4) is 5.75 Å². The smallest absolute Gasteiger partial charge is 0.245 e. The van der Waals surface area contributed by atoms with E-state index in [-0.39, 0.29) is 23.7 Å². The highest BCUT2D eigenvalue weighted by Crippen LogP contribution is 2.27. The van der Waals surface area contributed by atoms with Crippen molar-refractivity contribution in [1.29, 1.82) is 0 Å². The fraction of sp³-hybridized carbons (Fsp3) is 0.538. The molecule has 114 valence electrons. The molecule has 7 heteroatoms. The highest BCUT2D eigenvalue weighted by molar-refractivity contribution is 7.89. The number of anilines is 1. The van der Waals surface area contributed by atoms with Gasteiger partial charge >= 0.3 is 0 Å². The second-order valence-corrected chi connectivity index (χ2v) is 7.05. The van der Waals surface area contributed by atoms with Gasteiger partial charge in [0.2, 0.25) is 10.0 Å². The summed E-state index contributed by atoms with van der Waals surface area (Å²) in [5, 5.41) is 9.82. The molecule has 0 aliphatic carbocycles. The third-order valence-electron chi connectivity index (χ3n) is 2.75. The number of hydrogen-bond acceptors (Lipinski definition) is 5. The van der Waals surface area contributed by atoms with E-state index in [1.54, 1.807) is 26.8 Å². The molecule has 0 aromatic heterocycles. The SMILES string of the molecule is CCN(CC(C)(C)O)S(=O)(=O)c1ccc(OC)cc1N. The molecule has 6 nitrogen and oxygen atoms in total. The molecular formula is C13H22N2O4S. The summed E-state index contributed by atoms with van der Waals surface area (Å²) in [6.45, 7) is 5.07. The summed E-state index contributed by atoms with van der Waals surface area (Å²) in [7, 11) is -2.27. The minimum absolute atomic E-state index is 0.00268. The molecule has 0 fully saturated rings. The van der Waals surface area contributed by atoms with Crippen LogP contribution in [-0.2, 0) is 10.0 Å². The monoisotopic (exact) mass is 302 g/mol. The number of rotatable bonds is 6. The quantitative estimate of drug-likeness (QED) is 0.766. The predicted octanol–water partition coefficient (Wildman–Crippen LogP) is 1.06. The first-order valence-electron chi connectivity index (χ1n) is 6.28. The first-order chi connectivity index (χ1) is 9.11. The van der Waals surface area contributed by atoms with Crippen molar-refractivity contribution in [3.63, 3.8) is 0 Å². The summed E-state index contributed by atoms with van der Waals surface area (Å²) in [6, 6.07) is 4.42. The Kier molecular flexibility index (Phi) is 5.01. The van der Waals surface area contributed by atoms with Crippen molar-refractivity contribution < 1.29 is 18.3 Å². The molecule has 20 heavy (non-hydrogen) atoms. The number of methoxy groups -OCH3 is 1. The summed E-state index contributed by atoms with van der Waals surface area (Å²) in [5.74, 6) is 0.493. The number of sulfonamides is 1. The molecule has 0 heterocycles. The predicted molar refractivity (Wildman–Crippen MR) is 78.1 cm³/mol. The van der Waals surface area contributed by atoms with E-state index in [9.17, 15) is 13.5 Å². The van der Waals surface area contributed by atoms with E-state index in [1.807, 2.05) is 0 Å². The van der Waals surface area contributed by atoms with E-state index in [0.29, 0.717) is 5.75 Å². The number of likely N-dealkylation sites (N-methyl/N-ethyl adjacent to an activating group) is 1. The lowest BCUT2D eigenvalue weighted by Gasteiger charge is -2.27. The summed E-state index contributed by atoms with van der Waals surface area (Å²) in [6.07, 6.45) is 0. The van der Waals surface area contributed by atoms with Gasteiger partial charge in [0.15, 0.2) is 0 Å². The molecule has 1 rings (SSSR count). The fourth-order valence-corrected chi connectivity index (χ4v) is 3.53. The minimum Gasteiger partial charge on any atom is -0.497 e. The molecule has 0 amide bonds. The van der Waals surface area contributed by atoms with Gasteiger partial charge in [0.25, 0.3) is 0 Å². The van der Waals surface area contributed by atoms with Gasteiger partial charge in [0.05, 0.1) is 18.4 Å². The molecular weight excluding hydrogens is 280 g/mol. The lowest BCUT2D eigenvalue weighted by molar-refractivity contribution is 0.0601. The molecule has 0 aliphatic heterocycles. The maximum atomic E-state index is 12.6. The van der Waals surface area contributed by atoms with Crippen molar-refractivity contribution >= 4 is 15.7 Å². The molecule has 1 aromatic rings. The van der Waals surface area contributed by atoms with Gasteiger partial charge in [0.1, 0.15) is 10.6 Å². The normalized spacial score (nSPS) is 12.7. The summed E-state index contributed by atoms with van der Waals surface area (Å²) in [4.78, 5) is 0.0180. The van der Waals surface area contributed by atoms with Crippen LogP contribution < -0.4 is 10.5 Å². The number of nitrogens with zero attached hydrogens (tertiary/aromatic N) is 1. The molecule has 0 spiro atoms. The van der Waals surface area contributed by atoms with Gasteiger partial charge in [-0.05, 0) is 26.0 Å². The second kappa shape index (κ2) is 5.99. The van der Waals surface area contributed by atoms with E-state index < -0.39 is 15.6 Å². The van der Waals surface area contributed by atoms with E-state index in [1.165, 1.54) is 23.5 Å². The van der Waals surface area contributed by atoms with Crippen molar-refractivity contribution in [2.75, 3.05) is 25.9 Å². The van der Waals surface area contributed by atoms with Crippen LogP contribution in [0.5, 0.6) is 5.75 Å². The summed E-state index contributed by atoms with van der Waals surface area (Å²) in [5.41, 5.74) is 4.79. The number of aliphatic hydroxyl groups is 1. The van der Waals surface area contributed by atoms with Crippen LogP contribution in [0.4, 0.5) is 5.69 Å². The van der Waals surface area contributed by atoms with Crippen LogP contribution in [0.2, 0.25) is 0 Å². The summed E-state index contributed by atoms with van der Waals surface area (Å²) >= 11 is 0. The fourth-order valence-electron chi connectivity index (χ4n) is 1.83. The van der Waals surface area contributed by atoms with Gasteiger partial charge in [-0.1, -0.05) is 6.92 Å². The van der Waals surface area contributed by atoms with Gasteiger partial charge in [-0.3, -0.25) is 0 Å². The standard InChI is InChI=1S/C13H22N2O4S/c1-5-15(9-13(2,3)16)20(17,18)12-7-6-10(19-4)8-11(12)14/h6-8,16H,5,9,14H2,1-4H3. The Morgan fingerprint density at radius 3 is 2.40 bits per heavy atom. The lowest BCUT2D eigenvalue weighted by atomic mass is 10.1. The van der Waals surface area contributed by atoms with Crippen molar-refractivity contribution in [2.24, 2.45) is 0 Å². The number of hydrogen-bond donors (Lipinski definition) is 2. The van der Waals surface area contributed by atoms with Crippen LogP contribution in [-0.4, -0.2) is 43.6 Å². The Morgan fingerprint density at radius 2 is 2.00 bits per heavy atom. The maximum Gasteiger partial charge on any atom is 0.245 e. The van der Waals surface area contributed by atoms with Crippen LogP contribution in [0.25, 0.3) is 0 Å². The number of ether oxygens (including phenoxy) is 1. The average molecular weight is 302 g/mol. The highest BCUT2D eigenvalue weighted by atomic mass is 32.2. The number of benzene rings is 1. The molecule has 0 atom stereocenters. The molecule has 0 radical (unpaired) electrons. The second-order valence-electron chi connectivity index (χ2n) is 5.15. The van der Waals surface area contributed by atoms with E-state index in [2.05, 4.69) is 0 Å². The van der Waals surface area contributed by atoms with Crippen LogP contribution >= 0.6 is 0 Å². The van der Waals surface area contributed by atoms with Gasteiger partial charge < -0.3 is 15.6 Å². The zero-order valence-corrected chi connectivity index (χ0v) is 13.1. The Balaban J connectivity index is 3.21. The van der Waals surface area contributed by atoms with E-state index in [4.69, 9.17) is 10.5 Å². The van der Waals surface area contributed by atoms with Gasteiger partial charge in [0, 0.05) is 19.2 Å². The first-order valence-corrected chi connectivity index (χ1v) is 7.72. The largest absolute Gasteiger partial charge is 0.497 e. The zero-order valence-electron chi connectivity index (χ0n) is 12.3. The Bertz CT molecular complexity index is 564. The highest BCUT2D eigenvalue weighted by Gasteiger charge is 2.29. The van der Waals surface area contributed by atoms with Gasteiger partial charge in [-0.25, -0.2) is 8.42 Å².